The van der Waals surface area contributed by atoms with Crippen molar-refractivity contribution in [2.75, 3.05) is 0 Å². The predicted octanol–water partition coefficient (Wildman–Crippen LogP) is 4.49. The molecule has 0 aliphatic carbocycles. The number of fused-ring (bicyclic) bond motifs is 1. The first-order valence-electron chi connectivity index (χ1n) is 7.10. The van der Waals surface area contributed by atoms with Crippen LogP contribution in [0.3, 0.4) is 0 Å². The van der Waals surface area contributed by atoms with Gasteiger partial charge in [0.05, 0.1) is 5.56 Å². The number of oxazole rings is 1. The van der Waals surface area contributed by atoms with Crippen LogP contribution in [0.2, 0.25) is 0 Å². The molecule has 4 heteroatoms. The lowest BCUT2D eigenvalue weighted by atomic mass is 9.83. The van der Waals surface area contributed by atoms with Crippen LogP contribution in [0.1, 0.15) is 36.7 Å². The van der Waals surface area contributed by atoms with Crippen molar-refractivity contribution in [2.45, 2.75) is 26.2 Å². The van der Waals surface area contributed by atoms with Crippen molar-refractivity contribution in [3.8, 4) is 11.5 Å². The molecule has 0 unspecified atom stereocenters. The van der Waals surface area contributed by atoms with E-state index < -0.39 is 5.97 Å². The molecule has 1 N–H and O–H groups in total. The Hall–Kier alpha value is -2.62. The van der Waals surface area contributed by atoms with Gasteiger partial charge in [0, 0.05) is 5.56 Å². The number of rotatable bonds is 2. The molecule has 3 aromatic rings. The fraction of sp³-hybridized carbons (Fsp3) is 0.222. The molecule has 0 fully saturated rings. The zero-order valence-corrected chi connectivity index (χ0v) is 12.8. The molecule has 112 valence electrons. The zero-order valence-electron chi connectivity index (χ0n) is 12.8. The highest BCUT2D eigenvalue weighted by molar-refractivity contribution is 5.94. The Labute approximate surface area is 128 Å². The largest absolute Gasteiger partial charge is 0.478 e. The van der Waals surface area contributed by atoms with Gasteiger partial charge in [0.1, 0.15) is 5.52 Å². The van der Waals surface area contributed by atoms with Crippen LogP contribution in [0.15, 0.2) is 46.9 Å². The SMILES string of the molecule is CC(C)(C)c1cc2nc(-c3ccccc3)oc2cc1C(=O)O. The number of carbonyl (C=O) groups is 1. The monoisotopic (exact) mass is 295 g/mol. The van der Waals surface area contributed by atoms with Crippen LogP contribution >= 0.6 is 0 Å². The van der Waals surface area contributed by atoms with E-state index in [-0.39, 0.29) is 11.0 Å². The van der Waals surface area contributed by atoms with Gasteiger partial charge >= 0.3 is 5.97 Å². The van der Waals surface area contributed by atoms with Gasteiger partial charge in [-0.05, 0) is 35.2 Å². The van der Waals surface area contributed by atoms with Crippen molar-refractivity contribution in [1.82, 2.24) is 4.98 Å². The van der Waals surface area contributed by atoms with Crippen molar-refractivity contribution in [3.63, 3.8) is 0 Å². The van der Waals surface area contributed by atoms with Crippen molar-refractivity contribution >= 4 is 17.1 Å². The van der Waals surface area contributed by atoms with E-state index in [1.54, 1.807) is 6.07 Å². The highest BCUT2D eigenvalue weighted by Gasteiger charge is 2.24. The molecule has 3 rings (SSSR count). The Morgan fingerprint density at radius 1 is 1.14 bits per heavy atom. The summed E-state index contributed by atoms with van der Waals surface area (Å²) in [6.45, 7) is 5.95. The van der Waals surface area contributed by atoms with Crippen LogP contribution in [0.25, 0.3) is 22.6 Å². The Morgan fingerprint density at radius 2 is 1.82 bits per heavy atom. The molecule has 4 nitrogen and oxygen atoms in total. The summed E-state index contributed by atoms with van der Waals surface area (Å²) < 4.78 is 5.74. The van der Waals surface area contributed by atoms with Gasteiger partial charge in [0.2, 0.25) is 5.89 Å². The molecule has 0 atom stereocenters. The van der Waals surface area contributed by atoms with Crippen LogP contribution in [0.4, 0.5) is 0 Å². The minimum Gasteiger partial charge on any atom is -0.478 e. The molecule has 0 amide bonds. The molecule has 1 aromatic heterocycles. The number of hydrogen-bond acceptors (Lipinski definition) is 3. The van der Waals surface area contributed by atoms with Gasteiger partial charge in [-0.3, -0.25) is 0 Å². The maximum absolute atomic E-state index is 11.5. The lowest BCUT2D eigenvalue weighted by Gasteiger charge is -2.21. The average Bonchev–Trinajstić information content (AvgIpc) is 2.89. The molecule has 0 aliphatic heterocycles. The Morgan fingerprint density at radius 3 is 2.41 bits per heavy atom. The standard InChI is InChI=1S/C18H17NO3/c1-18(2,3)13-10-14-15(9-12(13)17(20)21)22-16(19-14)11-7-5-4-6-8-11/h4-10H,1-3H3,(H,20,21). The van der Waals surface area contributed by atoms with Gasteiger partial charge < -0.3 is 9.52 Å². The maximum atomic E-state index is 11.5. The number of aromatic carboxylic acids is 1. The summed E-state index contributed by atoms with van der Waals surface area (Å²) in [7, 11) is 0. The van der Waals surface area contributed by atoms with E-state index in [9.17, 15) is 9.90 Å². The summed E-state index contributed by atoms with van der Waals surface area (Å²) in [5, 5.41) is 9.45. The predicted molar refractivity (Wildman–Crippen MR) is 85.1 cm³/mol. The first kappa shape index (κ1) is 14.3. The minimum atomic E-state index is -0.954. The van der Waals surface area contributed by atoms with E-state index in [4.69, 9.17) is 4.42 Å². The molecule has 0 spiro atoms. The second kappa shape index (κ2) is 4.98. The summed E-state index contributed by atoms with van der Waals surface area (Å²) in [6, 6.07) is 12.9. The molecule has 0 saturated heterocycles. The van der Waals surface area contributed by atoms with Crippen LogP contribution in [0.5, 0.6) is 0 Å². The van der Waals surface area contributed by atoms with Crippen molar-refractivity contribution in [3.05, 3.63) is 53.6 Å². The van der Waals surface area contributed by atoms with E-state index >= 15 is 0 Å². The quantitative estimate of drug-likeness (QED) is 0.756. The number of hydrogen-bond donors (Lipinski definition) is 1. The van der Waals surface area contributed by atoms with Crippen LogP contribution in [-0.4, -0.2) is 16.1 Å². The summed E-state index contributed by atoms with van der Waals surface area (Å²) in [4.78, 5) is 16.0. The van der Waals surface area contributed by atoms with Gasteiger partial charge in [0.15, 0.2) is 5.58 Å². The smallest absolute Gasteiger partial charge is 0.336 e. The third-order valence-electron chi connectivity index (χ3n) is 3.59. The summed E-state index contributed by atoms with van der Waals surface area (Å²) in [5.74, 6) is -0.456. The van der Waals surface area contributed by atoms with Gasteiger partial charge in [0.25, 0.3) is 0 Å². The molecule has 22 heavy (non-hydrogen) atoms. The molecule has 0 bridgehead atoms. The molecular formula is C18H17NO3. The van der Waals surface area contributed by atoms with Crippen LogP contribution in [0, 0.1) is 0 Å². The van der Waals surface area contributed by atoms with Gasteiger partial charge in [-0.1, -0.05) is 39.0 Å². The van der Waals surface area contributed by atoms with Crippen LogP contribution in [-0.2, 0) is 5.41 Å². The summed E-state index contributed by atoms with van der Waals surface area (Å²) in [6.07, 6.45) is 0. The van der Waals surface area contributed by atoms with Crippen molar-refractivity contribution in [1.29, 1.82) is 0 Å². The number of carboxylic acid groups (broad SMARTS) is 1. The molecule has 2 aromatic carbocycles. The molecular weight excluding hydrogens is 278 g/mol. The van der Waals surface area contributed by atoms with Crippen molar-refractivity contribution < 1.29 is 14.3 Å². The van der Waals surface area contributed by atoms with Crippen molar-refractivity contribution in [2.24, 2.45) is 0 Å². The average molecular weight is 295 g/mol. The van der Waals surface area contributed by atoms with E-state index in [2.05, 4.69) is 4.98 Å². The fourth-order valence-corrected chi connectivity index (χ4v) is 2.48. The lowest BCUT2D eigenvalue weighted by molar-refractivity contribution is 0.0694. The van der Waals surface area contributed by atoms with Gasteiger partial charge in [-0.15, -0.1) is 0 Å². The summed E-state index contributed by atoms with van der Waals surface area (Å²) >= 11 is 0. The van der Waals surface area contributed by atoms with E-state index in [1.807, 2.05) is 57.2 Å². The highest BCUT2D eigenvalue weighted by atomic mass is 16.4. The third kappa shape index (κ3) is 2.48. The first-order chi connectivity index (χ1) is 10.4. The molecule has 1 heterocycles. The number of carboxylic acids is 1. The zero-order chi connectivity index (χ0) is 15.9. The topological polar surface area (TPSA) is 63.3 Å². The summed E-state index contributed by atoms with van der Waals surface area (Å²) in [5.41, 5.74) is 2.76. The number of benzene rings is 2. The lowest BCUT2D eigenvalue weighted by Crippen LogP contribution is -2.16. The normalized spacial score (nSPS) is 11.8. The molecule has 0 saturated carbocycles. The second-order valence-corrected chi connectivity index (χ2v) is 6.31. The third-order valence-corrected chi connectivity index (χ3v) is 3.59. The molecule has 0 aliphatic rings. The second-order valence-electron chi connectivity index (χ2n) is 6.31. The number of nitrogens with zero attached hydrogens (tertiary/aromatic N) is 1. The highest BCUT2D eigenvalue weighted by Crippen LogP contribution is 2.32. The first-order valence-corrected chi connectivity index (χ1v) is 7.10. The Bertz CT molecular complexity index is 842. The van der Waals surface area contributed by atoms with E-state index in [1.165, 1.54) is 0 Å². The fourth-order valence-electron chi connectivity index (χ4n) is 2.48. The van der Waals surface area contributed by atoms with Crippen LogP contribution < -0.4 is 0 Å². The van der Waals surface area contributed by atoms with Gasteiger partial charge in [-0.25, -0.2) is 9.78 Å². The Balaban J connectivity index is 2.23. The Kier molecular flexibility index (Phi) is 3.24. The minimum absolute atomic E-state index is 0.260. The van der Waals surface area contributed by atoms with E-state index in [0.717, 1.165) is 11.1 Å². The molecule has 0 radical (unpaired) electrons. The van der Waals surface area contributed by atoms with Gasteiger partial charge in [-0.2, -0.15) is 0 Å². The number of aromatic nitrogens is 1. The maximum Gasteiger partial charge on any atom is 0.336 e. The van der Waals surface area contributed by atoms with E-state index in [0.29, 0.717) is 17.0 Å².